The van der Waals surface area contributed by atoms with Crippen molar-refractivity contribution in [2.45, 2.75) is 6.54 Å². The van der Waals surface area contributed by atoms with Gasteiger partial charge in [-0.25, -0.2) is 9.37 Å². The molecule has 1 aromatic heterocycles. The molecule has 5 heteroatoms. The molecule has 1 heterocycles. The van der Waals surface area contributed by atoms with Gasteiger partial charge in [-0.1, -0.05) is 0 Å². The van der Waals surface area contributed by atoms with Crippen molar-refractivity contribution in [1.29, 1.82) is 0 Å². The fourth-order valence-electron chi connectivity index (χ4n) is 1.19. The Morgan fingerprint density at radius 1 is 1.47 bits per heavy atom. The lowest BCUT2D eigenvalue weighted by Crippen LogP contribution is -2.02. The number of nitrogens with one attached hydrogen (secondary N) is 1. The van der Waals surface area contributed by atoms with Crippen LogP contribution < -0.4 is 11.1 Å². The molecule has 0 atom stereocenters. The van der Waals surface area contributed by atoms with Crippen LogP contribution in [0.15, 0.2) is 29.1 Å². The van der Waals surface area contributed by atoms with Crippen molar-refractivity contribution in [3.63, 3.8) is 0 Å². The van der Waals surface area contributed by atoms with E-state index in [9.17, 15) is 4.39 Å². The summed E-state index contributed by atoms with van der Waals surface area (Å²) in [5, 5.41) is 4.88. The first-order valence-corrected chi connectivity index (χ1v) is 5.36. The Hall–Kier alpha value is -1.62. The summed E-state index contributed by atoms with van der Waals surface area (Å²) >= 11 is 1.52. The smallest absolute Gasteiger partial charge is 0.148 e. The zero-order valence-corrected chi connectivity index (χ0v) is 8.72. The maximum Gasteiger partial charge on any atom is 0.148 e. The SMILES string of the molecule is Nc1ccc(NCc2cscn2)c(F)c1. The third kappa shape index (κ3) is 2.44. The zero-order chi connectivity index (χ0) is 10.7. The lowest BCUT2D eigenvalue weighted by Gasteiger charge is -2.06. The van der Waals surface area contributed by atoms with Gasteiger partial charge >= 0.3 is 0 Å². The normalized spacial score (nSPS) is 10.2. The molecule has 0 saturated heterocycles. The minimum absolute atomic E-state index is 0.342. The van der Waals surface area contributed by atoms with Gasteiger partial charge in [-0.15, -0.1) is 11.3 Å². The molecule has 2 rings (SSSR count). The number of nitrogen functional groups attached to an aromatic ring is 1. The molecule has 0 saturated carbocycles. The van der Waals surface area contributed by atoms with Crippen LogP contribution in [-0.2, 0) is 6.54 Å². The third-order valence-corrected chi connectivity index (χ3v) is 2.57. The largest absolute Gasteiger partial charge is 0.399 e. The summed E-state index contributed by atoms with van der Waals surface area (Å²) in [4.78, 5) is 4.09. The highest BCUT2D eigenvalue weighted by Gasteiger charge is 2.02. The first-order chi connectivity index (χ1) is 7.25. The maximum absolute atomic E-state index is 13.3. The van der Waals surface area contributed by atoms with Crippen LogP contribution in [0.4, 0.5) is 15.8 Å². The van der Waals surface area contributed by atoms with Crippen LogP contribution in [0.2, 0.25) is 0 Å². The molecule has 0 amide bonds. The Morgan fingerprint density at radius 2 is 2.33 bits per heavy atom. The summed E-state index contributed by atoms with van der Waals surface area (Å²) in [5.74, 6) is -0.342. The van der Waals surface area contributed by atoms with Gasteiger partial charge in [0, 0.05) is 11.1 Å². The fourth-order valence-corrected chi connectivity index (χ4v) is 1.74. The number of hydrogen-bond donors (Lipinski definition) is 2. The second-order valence-corrected chi connectivity index (χ2v) is 3.79. The van der Waals surface area contributed by atoms with Crippen molar-refractivity contribution in [1.82, 2.24) is 4.98 Å². The topological polar surface area (TPSA) is 50.9 Å². The van der Waals surface area contributed by atoms with Crippen molar-refractivity contribution in [2.75, 3.05) is 11.1 Å². The first kappa shape index (κ1) is 9.92. The van der Waals surface area contributed by atoms with E-state index in [-0.39, 0.29) is 5.82 Å². The Kier molecular flexibility index (Phi) is 2.82. The third-order valence-electron chi connectivity index (χ3n) is 1.94. The quantitative estimate of drug-likeness (QED) is 0.786. The van der Waals surface area contributed by atoms with E-state index >= 15 is 0 Å². The molecule has 0 aliphatic rings. The molecule has 0 bridgehead atoms. The predicted molar refractivity (Wildman–Crippen MR) is 60.3 cm³/mol. The van der Waals surface area contributed by atoms with Gasteiger partial charge in [-0.2, -0.15) is 0 Å². The van der Waals surface area contributed by atoms with Crippen molar-refractivity contribution >= 4 is 22.7 Å². The number of benzene rings is 1. The van der Waals surface area contributed by atoms with E-state index in [0.717, 1.165) is 5.69 Å². The molecule has 1 aromatic carbocycles. The van der Waals surface area contributed by atoms with Crippen molar-refractivity contribution in [2.24, 2.45) is 0 Å². The molecule has 0 fully saturated rings. The highest BCUT2D eigenvalue weighted by molar-refractivity contribution is 7.07. The van der Waals surface area contributed by atoms with Crippen molar-refractivity contribution in [3.8, 4) is 0 Å². The van der Waals surface area contributed by atoms with Crippen LogP contribution in [0.3, 0.4) is 0 Å². The number of anilines is 2. The van der Waals surface area contributed by atoms with E-state index in [4.69, 9.17) is 5.73 Å². The minimum atomic E-state index is -0.342. The second kappa shape index (κ2) is 4.27. The van der Waals surface area contributed by atoms with Crippen molar-refractivity contribution in [3.05, 3.63) is 40.6 Å². The standard InChI is InChI=1S/C10H10FN3S/c11-9-3-7(12)1-2-10(9)13-4-8-5-15-6-14-8/h1-3,5-6,13H,4,12H2. The Labute approximate surface area is 90.8 Å². The number of halogens is 1. The van der Waals surface area contributed by atoms with E-state index in [1.54, 1.807) is 17.6 Å². The molecule has 0 unspecified atom stereocenters. The molecular formula is C10H10FN3S. The summed E-state index contributed by atoms with van der Waals surface area (Å²) in [6.07, 6.45) is 0. The number of nitrogens with two attached hydrogens (primary N) is 1. The molecule has 0 aliphatic heterocycles. The average molecular weight is 223 g/mol. The number of nitrogens with zero attached hydrogens (tertiary/aromatic N) is 1. The van der Waals surface area contributed by atoms with Crippen LogP contribution in [0.5, 0.6) is 0 Å². The van der Waals surface area contributed by atoms with E-state index < -0.39 is 0 Å². The van der Waals surface area contributed by atoms with Crippen LogP contribution in [0.1, 0.15) is 5.69 Å². The lowest BCUT2D eigenvalue weighted by atomic mass is 10.2. The highest BCUT2D eigenvalue weighted by atomic mass is 32.1. The zero-order valence-electron chi connectivity index (χ0n) is 7.90. The number of aromatic nitrogens is 1. The number of hydrogen-bond acceptors (Lipinski definition) is 4. The lowest BCUT2D eigenvalue weighted by molar-refractivity contribution is 0.630. The fraction of sp³-hybridized carbons (Fsp3) is 0.100. The average Bonchev–Trinajstić information content (AvgIpc) is 2.69. The predicted octanol–water partition coefficient (Wildman–Crippen LogP) is 2.48. The molecule has 3 nitrogen and oxygen atoms in total. The van der Waals surface area contributed by atoms with Gasteiger partial charge < -0.3 is 11.1 Å². The first-order valence-electron chi connectivity index (χ1n) is 4.41. The van der Waals surface area contributed by atoms with E-state index in [1.165, 1.54) is 17.4 Å². The van der Waals surface area contributed by atoms with Gasteiger partial charge in [-0.05, 0) is 18.2 Å². The Balaban J connectivity index is 2.05. The summed E-state index contributed by atoms with van der Waals surface area (Å²) in [6, 6.07) is 4.58. The molecule has 0 radical (unpaired) electrons. The minimum Gasteiger partial charge on any atom is -0.399 e. The Morgan fingerprint density at radius 3 is 3.00 bits per heavy atom. The molecule has 3 N–H and O–H groups in total. The summed E-state index contributed by atoms with van der Waals surface area (Å²) in [6.45, 7) is 0.518. The van der Waals surface area contributed by atoms with Gasteiger partial charge in [0.1, 0.15) is 5.82 Å². The summed E-state index contributed by atoms with van der Waals surface area (Å²) in [7, 11) is 0. The van der Waals surface area contributed by atoms with Crippen LogP contribution in [-0.4, -0.2) is 4.98 Å². The van der Waals surface area contributed by atoms with Gasteiger partial charge in [0.05, 0.1) is 23.4 Å². The van der Waals surface area contributed by atoms with Crippen LogP contribution in [0, 0.1) is 5.82 Å². The van der Waals surface area contributed by atoms with Gasteiger partial charge in [0.2, 0.25) is 0 Å². The van der Waals surface area contributed by atoms with E-state index in [2.05, 4.69) is 10.3 Å². The molecule has 15 heavy (non-hydrogen) atoms. The van der Waals surface area contributed by atoms with E-state index in [0.29, 0.717) is 17.9 Å². The number of rotatable bonds is 3. The highest BCUT2D eigenvalue weighted by Crippen LogP contribution is 2.17. The van der Waals surface area contributed by atoms with Crippen LogP contribution in [0.25, 0.3) is 0 Å². The molecular weight excluding hydrogens is 213 g/mol. The molecule has 78 valence electrons. The summed E-state index contributed by atoms with van der Waals surface area (Å²) < 4.78 is 13.3. The van der Waals surface area contributed by atoms with E-state index in [1.807, 2.05) is 5.38 Å². The second-order valence-electron chi connectivity index (χ2n) is 3.07. The maximum atomic E-state index is 13.3. The molecule has 0 spiro atoms. The Bertz CT molecular complexity index is 442. The van der Waals surface area contributed by atoms with Gasteiger partial charge in [-0.3, -0.25) is 0 Å². The monoisotopic (exact) mass is 223 g/mol. The molecule has 2 aromatic rings. The van der Waals surface area contributed by atoms with Crippen LogP contribution >= 0.6 is 11.3 Å². The number of thiazole rings is 1. The summed E-state index contributed by atoms with van der Waals surface area (Å²) in [5.41, 5.74) is 8.95. The van der Waals surface area contributed by atoms with Crippen molar-refractivity contribution < 1.29 is 4.39 Å². The van der Waals surface area contributed by atoms with Gasteiger partial charge in [0.15, 0.2) is 0 Å². The van der Waals surface area contributed by atoms with Gasteiger partial charge in [0.25, 0.3) is 0 Å². The molecule has 0 aliphatic carbocycles.